The minimum absolute atomic E-state index is 0.107. The Balaban J connectivity index is 1.60. The van der Waals surface area contributed by atoms with Gasteiger partial charge in [-0.2, -0.15) is 23.5 Å². The molecule has 6 nitrogen and oxygen atoms in total. The zero-order chi connectivity index (χ0) is 27.0. The Bertz CT molecular complexity index is 1370. The number of halogens is 4. The number of rotatable bonds is 5. The molecule has 4 heterocycles. The molecule has 1 fully saturated rings. The smallest absolute Gasteiger partial charge is 0.333 e. The van der Waals surface area contributed by atoms with Crippen LogP contribution in [0.2, 0.25) is 0 Å². The standard InChI is InChI=1S/C27H27F4N5OS/c1-2-36-14-21(26(34-36)27(29,30)31)25-18(6-3-7-22(25)28)20-13-35(15-23-19(20)11-17(12-32)38-23)24(37)9-8-16-5-4-10-33-16/h7-9,11,14,16,20,33H,2-6,10,13,15H2,1H3/b9-8+/t16?,20-/m0/s1. The van der Waals surface area contributed by atoms with Crippen LogP contribution >= 0.6 is 11.3 Å². The highest BCUT2D eigenvalue weighted by Gasteiger charge is 2.41. The van der Waals surface area contributed by atoms with Crippen molar-refractivity contribution in [1.82, 2.24) is 20.0 Å². The second-order valence-electron chi connectivity index (χ2n) is 9.67. The van der Waals surface area contributed by atoms with Crippen LogP contribution in [0, 0.1) is 11.3 Å². The van der Waals surface area contributed by atoms with E-state index >= 15 is 4.39 Å². The molecule has 1 unspecified atom stereocenters. The average Bonchev–Trinajstić information content (AvgIpc) is 3.65. The van der Waals surface area contributed by atoms with Crippen LogP contribution in [0.3, 0.4) is 0 Å². The summed E-state index contributed by atoms with van der Waals surface area (Å²) in [6, 6.07) is 3.99. The van der Waals surface area contributed by atoms with E-state index in [1.807, 2.05) is 6.08 Å². The highest BCUT2D eigenvalue weighted by atomic mass is 32.1. The summed E-state index contributed by atoms with van der Waals surface area (Å²) < 4.78 is 58.6. The first kappa shape index (κ1) is 26.4. The van der Waals surface area contributed by atoms with Crippen LogP contribution in [0.5, 0.6) is 0 Å². The number of nitrogens with zero attached hydrogens (tertiary/aromatic N) is 4. The van der Waals surface area contributed by atoms with Crippen molar-refractivity contribution >= 4 is 22.8 Å². The van der Waals surface area contributed by atoms with Crippen molar-refractivity contribution in [3.63, 3.8) is 0 Å². The minimum Gasteiger partial charge on any atom is -0.333 e. The van der Waals surface area contributed by atoms with E-state index in [1.165, 1.54) is 29.7 Å². The molecule has 1 N–H and O–H groups in total. The highest BCUT2D eigenvalue weighted by Crippen LogP contribution is 2.48. The molecular formula is C27H27F4N5OS. The van der Waals surface area contributed by atoms with Crippen LogP contribution in [0.1, 0.15) is 65.1 Å². The summed E-state index contributed by atoms with van der Waals surface area (Å²) in [5.74, 6) is -1.48. The van der Waals surface area contributed by atoms with Crippen molar-refractivity contribution < 1.29 is 22.4 Å². The number of thiophene rings is 1. The van der Waals surface area contributed by atoms with Gasteiger partial charge >= 0.3 is 6.18 Å². The van der Waals surface area contributed by atoms with Crippen molar-refractivity contribution in [3.05, 3.63) is 68.5 Å². The molecule has 2 aliphatic heterocycles. The molecule has 2 aromatic rings. The van der Waals surface area contributed by atoms with Gasteiger partial charge in [-0.05, 0) is 62.4 Å². The molecule has 1 saturated heterocycles. The lowest BCUT2D eigenvalue weighted by Gasteiger charge is -2.35. The normalized spacial score (nSPS) is 22.1. The first-order valence-corrected chi connectivity index (χ1v) is 13.5. The number of nitrogens with one attached hydrogen (secondary N) is 1. The molecule has 3 aliphatic rings. The number of aromatic nitrogens is 2. The van der Waals surface area contributed by atoms with Crippen molar-refractivity contribution in [1.29, 1.82) is 5.26 Å². The molecule has 2 atom stereocenters. The van der Waals surface area contributed by atoms with Crippen LogP contribution in [-0.2, 0) is 24.1 Å². The van der Waals surface area contributed by atoms with E-state index in [0.717, 1.165) is 34.5 Å². The van der Waals surface area contributed by atoms with Crippen molar-refractivity contribution in [2.45, 2.75) is 63.8 Å². The molecule has 0 radical (unpaired) electrons. The van der Waals surface area contributed by atoms with Gasteiger partial charge in [0.15, 0.2) is 5.69 Å². The van der Waals surface area contributed by atoms with Gasteiger partial charge in [0.1, 0.15) is 16.8 Å². The summed E-state index contributed by atoms with van der Waals surface area (Å²) in [5, 5.41) is 16.5. The molecule has 0 spiro atoms. The lowest BCUT2D eigenvalue weighted by molar-refractivity contribution is -0.141. The van der Waals surface area contributed by atoms with Crippen LogP contribution < -0.4 is 5.32 Å². The molecule has 0 aromatic carbocycles. The van der Waals surface area contributed by atoms with E-state index in [-0.39, 0.29) is 36.2 Å². The number of alkyl halides is 3. The van der Waals surface area contributed by atoms with Gasteiger partial charge in [-0.3, -0.25) is 9.48 Å². The molecule has 38 heavy (non-hydrogen) atoms. The Morgan fingerprint density at radius 1 is 1.39 bits per heavy atom. The van der Waals surface area contributed by atoms with Crippen LogP contribution in [0.25, 0.3) is 5.57 Å². The average molecular weight is 546 g/mol. The highest BCUT2D eigenvalue weighted by molar-refractivity contribution is 7.12. The first-order chi connectivity index (χ1) is 18.2. The molecule has 0 bridgehead atoms. The fourth-order valence-electron chi connectivity index (χ4n) is 5.48. The number of hydrogen-bond donors (Lipinski definition) is 1. The molecule has 11 heteroatoms. The maximum Gasteiger partial charge on any atom is 0.435 e. The molecule has 0 saturated carbocycles. The number of carbonyl (C=O) groups is 1. The number of amides is 1. The summed E-state index contributed by atoms with van der Waals surface area (Å²) in [6.45, 7) is 3.24. The van der Waals surface area contributed by atoms with Gasteiger partial charge in [0.2, 0.25) is 5.91 Å². The van der Waals surface area contributed by atoms with Crippen molar-refractivity contribution in [2.75, 3.05) is 13.1 Å². The summed E-state index contributed by atoms with van der Waals surface area (Å²) in [6.07, 6.45) is 3.82. The molecule has 200 valence electrons. The third-order valence-electron chi connectivity index (χ3n) is 7.29. The molecule has 2 aromatic heterocycles. The largest absolute Gasteiger partial charge is 0.435 e. The van der Waals surface area contributed by atoms with E-state index < -0.39 is 23.6 Å². The Kier molecular flexibility index (Phi) is 7.29. The van der Waals surface area contributed by atoms with Crippen LogP contribution in [0.15, 0.2) is 41.9 Å². The monoisotopic (exact) mass is 545 g/mol. The zero-order valence-electron chi connectivity index (χ0n) is 20.8. The molecule has 1 amide bonds. The summed E-state index contributed by atoms with van der Waals surface area (Å²) in [5.41, 5.74) is -0.264. The van der Waals surface area contributed by atoms with Gasteiger partial charge in [-0.15, -0.1) is 11.3 Å². The molecule has 1 aliphatic carbocycles. The van der Waals surface area contributed by atoms with E-state index in [9.17, 15) is 23.2 Å². The van der Waals surface area contributed by atoms with E-state index in [2.05, 4.69) is 16.5 Å². The fourth-order valence-corrected chi connectivity index (χ4v) is 6.52. The third-order valence-corrected chi connectivity index (χ3v) is 8.33. The number of carbonyl (C=O) groups excluding carboxylic acids is 1. The quantitative estimate of drug-likeness (QED) is 0.387. The SMILES string of the molecule is CCn1cc(C2=C([C@@H]3CN(C(=O)/C=C/C4CCCN4)Cc4sc(C#N)cc43)CCC=C2F)c(C(F)(F)F)n1. The van der Waals surface area contributed by atoms with Crippen LogP contribution in [-0.4, -0.2) is 39.7 Å². The molecular weight excluding hydrogens is 518 g/mol. The summed E-state index contributed by atoms with van der Waals surface area (Å²) in [7, 11) is 0. The number of allylic oxidation sites excluding steroid dienone is 3. The van der Waals surface area contributed by atoms with Gasteiger partial charge in [-0.25, -0.2) is 4.39 Å². The summed E-state index contributed by atoms with van der Waals surface area (Å²) in [4.78, 5) is 16.1. The minimum atomic E-state index is -4.76. The fraction of sp³-hybridized carbons (Fsp3) is 0.444. The topological polar surface area (TPSA) is 74.0 Å². The van der Waals surface area contributed by atoms with Gasteiger partial charge in [0.05, 0.1) is 6.54 Å². The Morgan fingerprint density at radius 3 is 2.89 bits per heavy atom. The van der Waals surface area contributed by atoms with Crippen LogP contribution in [0.4, 0.5) is 17.6 Å². The predicted octanol–water partition coefficient (Wildman–Crippen LogP) is 5.69. The van der Waals surface area contributed by atoms with Crippen molar-refractivity contribution in [3.8, 4) is 6.07 Å². The van der Waals surface area contributed by atoms with Gasteiger partial charge in [-0.1, -0.05) is 6.08 Å². The number of aryl methyl sites for hydroxylation is 1. The lowest BCUT2D eigenvalue weighted by atomic mass is 9.79. The molecule has 5 rings (SSSR count). The Labute approximate surface area is 221 Å². The Hall–Kier alpha value is -3.23. The predicted molar refractivity (Wildman–Crippen MR) is 136 cm³/mol. The zero-order valence-corrected chi connectivity index (χ0v) is 21.6. The van der Waals surface area contributed by atoms with Gasteiger partial charge in [0, 0.05) is 53.3 Å². The summed E-state index contributed by atoms with van der Waals surface area (Å²) >= 11 is 1.26. The first-order valence-electron chi connectivity index (χ1n) is 12.7. The Morgan fingerprint density at radius 2 is 2.21 bits per heavy atom. The van der Waals surface area contributed by atoms with Gasteiger partial charge < -0.3 is 10.2 Å². The van der Waals surface area contributed by atoms with E-state index in [4.69, 9.17) is 0 Å². The number of hydrogen-bond acceptors (Lipinski definition) is 5. The van der Waals surface area contributed by atoms with Crippen molar-refractivity contribution in [2.24, 2.45) is 0 Å². The number of fused-ring (bicyclic) bond motifs is 1. The maximum atomic E-state index is 15.5. The lowest BCUT2D eigenvalue weighted by Crippen LogP contribution is -2.38. The van der Waals surface area contributed by atoms with E-state index in [0.29, 0.717) is 29.8 Å². The second-order valence-corrected chi connectivity index (χ2v) is 10.8. The maximum absolute atomic E-state index is 15.5. The third kappa shape index (κ3) is 5.07. The number of nitriles is 1. The van der Waals surface area contributed by atoms with E-state index in [1.54, 1.807) is 17.9 Å². The second kappa shape index (κ2) is 10.5. The van der Waals surface area contributed by atoms with Gasteiger partial charge in [0.25, 0.3) is 0 Å².